The van der Waals surface area contributed by atoms with Crippen LogP contribution in [-0.4, -0.2) is 30.1 Å². The molecule has 1 unspecified atom stereocenters. The molecule has 0 spiro atoms. The molecular formula is C14H16BrF3N2. The molecule has 1 aliphatic heterocycles. The first kappa shape index (κ1) is 14.2. The zero-order valence-electron chi connectivity index (χ0n) is 10.9. The fraction of sp³-hybridized carbons (Fsp3) is 0.571. The molecule has 1 aromatic carbocycles. The zero-order valence-corrected chi connectivity index (χ0v) is 12.5. The highest BCUT2D eigenvalue weighted by molar-refractivity contribution is 9.10. The molecule has 1 N–H and O–H groups in total. The van der Waals surface area contributed by atoms with Crippen molar-refractivity contribution in [1.82, 2.24) is 4.90 Å². The Labute approximate surface area is 124 Å². The van der Waals surface area contributed by atoms with Gasteiger partial charge in [0.15, 0.2) is 0 Å². The van der Waals surface area contributed by atoms with Gasteiger partial charge in [0, 0.05) is 35.3 Å². The number of nitrogens with one attached hydrogen (secondary N) is 1. The van der Waals surface area contributed by atoms with E-state index in [2.05, 4.69) is 26.1 Å². The van der Waals surface area contributed by atoms with Crippen molar-refractivity contribution in [2.45, 2.75) is 37.5 Å². The van der Waals surface area contributed by atoms with Crippen LogP contribution in [0.2, 0.25) is 0 Å². The minimum absolute atomic E-state index is 0.232. The van der Waals surface area contributed by atoms with Gasteiger partial charge in [-0.3, -0.25) is 4.90 Å². The molecule has 2 aliphatic rings. The summed E-state index contributed by atoms with van der Waals surface area (Å²) in [6, 6.07) is 4.69. The Bertz CT molecular complexity index is 500. The first-order valence-electron chi connectivity index (χ1n) is 6.81. The Morgan fingerprint density at radius 2 is 1.95 bits per heavy atom. The molecule has 1 saturated heterocycles. The molecule has 3 rings (SSSR count). The van der Waals surface area contributed by atoms with E-state index in [0.717, 1.165) is 25.6 Å². The summed E-state index contributed by atoms with van der Waals surface area (Å²) in [5.74, 6) is 0. The van der Waals surface area contributed by atoms with Crippen LogP contribution in [0.4, 0.5) is 18.9 Å². The zero-order chi connectivity index (χ0) is 14.3. The van der Waals surface area contributed by atoms with Crippen LogP contribution < -0.4 is 5.32 Å². The lowest BCUT2D eigenvalue weighted by Crippen LogP contribution is -2.27. The molecular weight excluding hydrogens is 333 g/mol. The Kier molecular flexibility index (Phi) is 3.71. The first-order valence-corrected chi connectivity index (χ1v) is 7.60. The maximum Gasteiger partial charge on any atom is 0.416 e. The highest BCUT2D eigenvalue weighted by Crippen LogP contribution is 2.35. The molecule has 2 fully saturated rings. The number of anilines is 1. The summed E-state index contributed by atoms with van der Waals surface area (Å²) in [5, 5.41) is 3.25. The summed E-state index contributed by atoms with van der Waals surface area (Å²) in [6.45, 7) is 1.96. The van der Waals surface area contributed by atoms with E-state index in [0.29, 0.717) is 16.2 Å². The number of rotatable bonds is 3. The molecule has 0 amide bonds. The van der Waals surface area contributed by atoms with Crippen LogP contribution in [0.25, 0.3) is 0 Å². The molecule has 0 radical (unpaired) electrons. The minimum atomic E-state index is -4.30. The van der Waals surface area contributed by atoms with Gasteiger partial charge < -0.3 is 5.32 Å². The topological polar surface area (TPSA) is 15.3 Å². The SMILES string of the molecule is FC(F)(F)c1ccc(Br)c(NC2CCN(C3CC3)C2)c1. The maximum absolute atomic E-state index is 12.7. The Balaban J connectivity index is 1.70. The van der Waals surface area contributed by atoms with Crippen LogP contribution in [0.1, 0.15) is 24.8 Å². The van der Waals surface area contributed by atoms with Crippen molar-refractivity contribution in [3.63, 3.8) is 0 Å². The van der Waals surface area contributed by atoms with Crippen molar-refractivity contribution in [3.05, 3.63) is 28.2 Å². The van der Waals surface area contributed by atoms with Crippen LogP contribution in [0.3, 0.4) is 0 Å². The smallest absolute Gasteiger partial charge is 0.380 e. The highest BCUT2D eigenvalue weighted by atomic mass is 79.9. The van der Waals surface area contributed by atoms with E-state index in [4.69, 9.17) is 0 Å². The quantitative estimate of drug-likeness (QED) is 0.883. The summed E-state index contributed by atoms with van der Waals surface area (Å²) >= 11 is 3.32. The van der Waals surface area contributed by atoms with Gasteiger partial charge in [0.25, 0.3) is 0 Å². The molecule has 110 valence electrons. The van der Waals surface area contributed by atoms with E-state index >= 15 is 0 Å². The van der Waals surface area contributed by atoms with Crippen molar-refractivity contribution < 1.29 is 13.2 Å². The van der Waals surface area contributed by atoms with Crippen molar-refractivity contribution in [1.29, 1.82) is 0 Å². The lowest BCUT2D eigenvalue weighted by molar-refractivity contribution is -0.137. The van der Waals surface area contributed by atoms with Crippen LogP contribution in [0, 0.1) is 0 Å². The van der Waals surface area contributed by atoms with Gasteiger partial charge in [0.05, 0.1) is 5.56 Å². The number of hydrogen-bond donors (Lipinski definition) is 1. The molecule has 0 bridgehead atoms. The van der Waals surface area contributed by atoms with Crippen molar-refractivity contribution >= 4 is 21.6 Å². The van der Waals surface area contributed by atoms with Crippen LogP contribution >= 0.6 is 15.9 Å². The largest absolute Gasteiger partial charge is 0.416 e. The van der Waals surface area contributed by atoms with Crippen molar-refractivity contribution in [3.8, 4) is 0 Å². The summed E-state index contributed by atoms with van der Waals surface area (Å²) in [6.07, 6.45) is -0.786. The fourth-order valence-corrected chi connectivity index (χ4v) is 3.07. The summed E-state index contributed by atoms with van der Waals surface area (Å²) in [5.41, 5.74) is -0.0808. The summed E-state index contributed by atoms with van der Waals surface area (Å²) in [4.78, 5) is 2.43. The first-order chi connectivity index (χ1) is 9.43. The van der Waals surface area contributed by atoms with Gasteiger partial charge in [-0.1, -0.05) is 0 Å². The van der Waals surface area contributed by atoms with Crippen molar-refractivity contribution in [2.24, 2.45) is 0 Å². The van der Waals surface area contributed by atoms with Gasteiger partial charge in [-0.15, -0.1) is 0 Å². The molecule has 0 aromatic heterocycles. The van der Waals surface area contributed by atoms with E-state index in [9.17, 15) is 13.2 Å². The van der Waals surface area contributed by atoms with E-state index in [1.807, 2.05) is 0 Å². The summed E-state index contributed by atoms with van der Waals surface area (Å²) in [7, 11) is 0. The van der Waals surface area contributed by atoms with Crippen molar-refractivity contribution in [2.75, 3.05) is 18.4 Å². The van der Waals surface area contributed by atoms with Gasteiger partial charge >= 0.3 is 6.18 Å². The van der Waals surface area contributed by atoms with Crippen LogP contribution in [-0.2, 0) is 6.18 Å². The third kappa shape index (κ3) is 3.11. The molecule has 1 saturated carbocycles. The van der Waals surface area contributed by atoms with Gasteiger partial charge in [0.1, 0.15) is 0 Å². The Hall–Kier alpha value is -0.750. The Morgan fingerprint density at radius 3 is 2.60 bits per heavy atom. The number of benzene rings is 1. The number of hydrogen-bond acceptors (Lipinski definition) is 2. The van der Waals surface area contributed by atoms with E-state index < -0.39 is 11.7 Å². The predicted molar refractivity (Wildman–Crippen MR) is 75.8 cm³/mol. The fourth-order valence-electron chi connectivity index (χ4n) is 2.71. The van der Waals surface area contributed by atoms with Gasteiger partial charge in [0.2, 0.25) is 0 Å². The lowest BCUT2D eigenvalue weighted by atomic mass is 10.1. The normalized spacial score (nSPS) is 24.1. The maximum atomic E-state index is 12.7. The van der Waals surface area contributed by atoms with E-state index in [-0.39, 0.29) is 6.04 Å². The Morgan fingerprint density at radius 1 is 1.20 bits per heavy atom. The molecule has 1 aliphatic carbocycles. The summed E-state index contributed by atoms with van der Waals surface area (Å²) < 4.78 is 38.9. The lowest BCUT2D eigenvalue weighted by Gasteiger charge is -2.18. The number of nitrogens with zero attached hydrogens (tertiary/aromatic N) is 1. The van der Waals surface area contributed by atoms with E-state index in [1.54, 1.807) is 0 Å². The molecule has 1 heterocycles. The average molecular weight is 349 g/mol. The number of likely N-dealkylation sites (tertiary alicyclic amines) is 1. The molecule has 2 nitrogen and oxygen atoms in total. The molecule has 20 heavy (non-hydrogen) atoms. The van der Waals surface area contributed by atoms with Gasteiger partial charge in [-0.25, -0.2) is 0 Å². The second-order valence-electron chi connectivity index (χ2n) is 5.55. The molecule has 1 aromatic rings. The predicted octanol–water partition coefficient (Wildman–Crippen LogP) is 4.12. The second-order valence-corrected chi connectivity index (χ2v) is 6.40. The second kappa shape index (κ2) is 5.22. The number of alkyl halides is 3. The van der Waals surface area contributed by atoms with E-state index in [1.165, 1.54) is 25.0 Å². The van der Waals surface area contributed by atoms with Crippen LogP contribution in [0.5, 0.6) is 0 Å². The molecule has 6 heteroatoms. The number of halogens is 4. The third-order valence-corrected chi connectivity index (χ3v) is 4.63. The molecule has 1 atom stereocenters. The van der Waals surface area contributed by atoms with Gasteiger partial charge in [-0.05, 0) is 53.4 Å². The third-order valence-electron chi connectivity index (χ3n) is 3.94. The average Bonchev–Trinajstić information content (AvgIpc) is 3.12. The standard InChI is InChI=1S/C14H16BrF3N2/c15-12-4-1-9(14(16,17)18)7-13(12)19-10-5-6-20(8-10)11-2-3-11/h1,4,7,10-11,19H,2-3,5-6,8H2. The minimum Gasteiger partial charge on any atom is -0.380 e. The highest BCUT2D eigenvalue weighted by Gasteiger charge is 2.35. The van der Waals surface area contributed by atoms with Crippen LogP contribution in [0.15, 0.2) is 22.7 Å². The van der Waals surface area contributed by atoms with Gasteiger partial charge in [-0.2, -0.15) is 13.2 Å². The monoisotopic (exact) mass is 348 g/mol.